The van der Waals surface area contributed by atoms with Crippen molar-refractivity contribution < 1.29 is 43.4 Å². The van der Waals surface area contributed by atoms with Crippen molar-refractivity contribution in [1.29, 1.82) is 0 Å². The number of hydrogen-bond acceptors (Lipinski definition) is 15. The largest absolute Gasteiger partial charge is 0.575 e. The molecule has 3 aromatic carbocycles. The third-order valence-corrected chi connectivity index (χ3v) is 10.1. The third kappa shape index (κ3) is 7.77. The van der Waals surface area contributed by atoms with E-state index in [2.05, 4.69) is 19.7 Å². The molecule has 1 fully saturated rings. The number of rotatable bonds is 14. The lowest BCUT2D eigenvalue weighted by atomic mass is 9.96. The summed E-state index contributed by atoms with van der Waals surface area (Å²) in [6.45, 7) is 2.94. The van der Waals surface area contributed by atoms with E-state index in [1.807, 2.05) is 48.7 Å². The SMILES string of the molecule is COc1nc(N)nc2c1ncn2C1O[C@H](COc2ccc3ccccc3c2O/[P+]([O-])=N/[C@@H](CCSC)C(=O)O[C@@H](C)c2ccccc2)[C@@H](O)[C@@]1(C)O. The molecule has 0 saturated carbocycles. The number of nitrogens with two attached hydrogens (primary N) is 1. The Morgan fingerprint density at radius 3 is 2.67 bits per heavy atom. The summed E-state index contributed by atoms with van der Waals surface area (Å²) in [5.74, 6) is 0.323. The maximum atomic E-state index is 13.5. The summed E-state index contributed by atoms with van der Waals surface area (Å²) < 4.78 is 34.9. The van der Waals surface area contributed by atoms with Crippen LogP contribution in [0.25, 0.3) is 21.9 Å². The highest BCUT2D eigenvalue weighted by Crippen LogP contribution is 2.43. The van der Waals surface area contributed by atoms with E-state index in [0.29, 0.717) is 17.6 Å². The van der Waals surface area contributed by atoms with Crippen LogP contribution in [-0.4, -0.2) is 85.3 Å². The topological polar surface area (TPSA) is 209 Å². The van der Waals surface area contributed by atoms with Crippen molar-refractivity contribution in [3.63, 3.8) is 0 Å². The smallest absolute Gasteiger partial charge is 0.395 e. The summed E-state index contributed by atoms with van der Waals surface area (Å²) in [6, 6.07) is 19.0. The van der Waals surface area contributed by atoms with Gasteiger partial charge < -0.3 is 39.8 Å². The Balaban J connectivity index is 1.23. The predicted octanol–water partition coefficient (Wildman–Crippen LogP) is 4.32. The molecular formula is C35H39N6O9PS. The minimum absolute atomic E-state index is 0.0766. The molecule has 17 heteroatoms. The first kappa shape index (κ1) is 37.2. The van der Waals surface area contributed by atoms with Gasteiger partial charge in [-0.2, -0.15) is 21.7 Å². The molecule has 5 aromatic rings. The molecule has 0 amide bonds. The number of nitrogen functional groups attached to an aromatic ring is 1. The zero-order chi connectivity index (χ0) is 37.0. The van der Waals surface area contributed by atoms with Crippen LogP contribution in [0.5, 0.6) is 17.4 Å². The number of anilines is 1. The molecule has 52 heavy (non-hydrogen) atoms. The lowest BCUT2D eigenvalue weighted by Crippen LogP contribution is -2.44. The van der Waals surface area contributed by atoms with E-state index in [1.54, 1.807) is 31.2 Å². The number of esters is 1. The van der Waals surface area contributed by atoms with Gasteiger partial charge in [0.1, 0.15) is 30.5 Å². The summed E-state index contributed by atoms with van der Waals surface area (Å²) >= 11 is 1.52. The van der Waals surface area contributed by atoms with Crippen molar-refractivity contribution >= 4 is 53.8 Å². The highest BCUT2D eigenvalue weighted by Gasteiger charge is 2.54. The number of benzene rings is 3. The van der Waals surface area contributed by atoms with Crippen molar-refractivity contribution in [2.45, 2.75) is 56.5 Å². The lowest BCUT2D eigenvalue weighted by Gasteiger charge is -2.27. The van der Waals surface area contributed by atoms with E-state index < -0.39 is 50.3 Å². The quantitative estimate of drug-likeness (QED) is 0.107. The van der Waals surface area contributed by atoms with Crippen molar-refractivity contribution in [2.75, 3.05) is 31.5 Å². The zero-order valence-electron chi connectivity index (χ0n) is 28.9. The number of aromatic nitrogens is 4. The average molecular weight is 751 g/mol. The Labute approximate surface area is 304 Å². The van der Waals surface area contributed by atoms with E-state index in [-0.39, 0.29) is 41.1 Å². The number of fused-ring (bicyclic) bond motifs is 2. The Bertz CT molecular complexity index is 2070. The number of aliphatic hydroxyl groups excluding tert-OH is 1. The number of methoxy groups -OCH3 is 1. The van der Waals surface area contributed by atoms with Gasteiger partial charge in [-0.1, -0.05) is 65.4 Å². The van der Waals surface area contributed by atoms with E-state index in [1.165, 1.54) is 36.7 Å². The van der Waals surface area contributed by atoms with Gasteiger partial charge in [0.05, 0.1) is 13.4 Å². The van der Waals surface area contributed by atoms with Crippen LogP contribution in [0.4, 0.5) is 5.95 Å². The van der Waals surface area contributed by atoms with Crippen molar-refractivity contribution in [2.24, 2.45) is 4.74 Å². The number of hydrogen-bond donors (Lipinski definition) is 3. The summed E-state index contributed by atoms with van der Waals surface area (Å²) in [6.07, 6.45) is -0.577. The first-order chi connectivity index (χ1) is 25.0. The van der Waals surface area contributed by atoms with Crippen LogP contribution < -0.4 is 24.6 Å². The Kier molecular flexibility index (Phi) is 11.4. The van der Waals surface area contributed by atoms with Crippen LogP contribution in [0.15, 0.2) is 77.8 Å². The van der Waals surface area contributed by atoms with E-state index in [4.69, 9.17) is 29.2 Å². The lowest BCUT2D eigenvalue weighted by molar-refractivity contribution is -0.170. The Morgan fingerprint density at radius 2 is 1.92 bits per heavy atom. The van der Waals surface area contributed by atoms with Crippen LogP contribution in [0, 0.1) is 0 Å². The fraction of sp³-hybridized carbons (Fsp3) is 0.371. The second kappa shape index (κ2) is 16.0. The second-order valence-corrected chi connectivity index (χ2v) is 14.1. The molecule has 0 bridgehead atoms. The molecule has 1 aliphatic rings. The minimum Gasteiger partial charge on any atom is -0.575 e. The molecule has 6 rings (SSSR count). The molecule has 1 aliphatic heterocycles. The van der Waals surface area contributed by atoms with Gasteiger partial charge >= 0.3 is 14.1 Å². The molecule has 0 radical (unpaired) electrons. The van der Waals surface area contributed by atoms with E-state index in [0.717, 1.165) is 10.9 Å². The molecule has 2 unspecified atom stereocenters. The van der Waals surface area contributed by atoms with Crippen LogP contribution in [0.3, 0.4) is 0 Å². The molecule has 7 atom stereocenters. The van der Waals surface area contributed by atoms with Gasteiger partial charge in [0.2, 0.25) is 17.6 Å². The minimum atomic E-state index is -2.79. The highest BCUT2D eigenvalue weighted by atomic mass is 32.2. The summed E-state index contributed by atoms with van der Waals surface area (Å²) in [5.41, 5.74) is 5.39. The van der Waals surface area contributed by atoms with Crippen LogP contribution in [-0.2, 0) is 14.3 Å². The van der Waals surface area contributed by atoms with Crippen LogP contribution >= 0.6 is 19.9 Å². The fourth-order valence-corrected chi connectivity index (χ4v) is 7.20. The number of imidazole rings is 1. The monoisotopic (exact) mass is 750 g/mol. The van der Waals surface area contributed by atoms with Crippen LogP contribution in [0.1, 0.15) is 38.2 Å². The number of carbonyl (C=O) groups is 1. The standard InChI is InChI=1S/C35H39N6O9PS/c1-20(21-10-6-5-7-11-21)48-32(43)24(16-17-52-4)40-51(45)50-28-23-13-9-8-12-22(23)14-15-25(28)47-18-26-29(42)35(2,44)33(49-26)41-19-37-27-30(41)38-34(36)39-31(27)46-3/h5-15,19-20,24,26,29,33,42,44H,16-18H2,1-4H3,(H2,36,38,39)/t20-,24-,26+,29+,33?,35+/m0/s1. The first-order valence-electron chi connectivity index (χ1n) is 16.4. The predicted molar refractivity (Wildman–Crippen MR) is 194 cm³/mol. The zero-order valence-corrected chi connectivity index (χ0v) is 30.6. The van der Waals surface area contributed by atoms with Crippen molar-refractivity contribution in [1.82, 2.24) is 19.5 Å². The molecular weight excluding hydrogens is 711 g/mol. The third-order valence-electron chi connectivity index (χ3n) is 8.69. The van der Waals surface area contributed by atoms with Gasteiger partial charge in [0.25, 0.3) is 0 Å². The van der Waals surface area contributed by atoms with Crippen molar-refractivity contribution in [3.05, 3.63) is 78.6 Å². The van der Waals surface area contributed by atoms with Crippen LogP contribution in [0.2, 0.25) is 0 Å². The maximum Gasteiger partial charge on any atom is 0.395 e. The number of thioether (sulfide) groups is 1. The number of nitrogens with zero attached hydrogens (tertiary/aromatic N) is 5. The fourth-order valence-electron chi connectivity index (χ4n) is 5.91. The first-order valence-corrected chi connectivity index (χ1v) is 18.9. The molecule has 4 N–H and O–H groups in total. The maximum absolute atomic E-state index is 13.5. The van der Waals surface area contributed by atoms with E-state index >= 15 is 0 Å². The second-order valence-electron chi connectivity index (χ2n) is 12.3. The number of aliphatic hydroxyl groups is 2. The van der Waals surface area contributed by atoms with Crippen molar-refractivity contribution in [3.8, 4) is 17.4 Å². The highest BCUT2D eigenvalue weighted by molar-refractivity contribution is 7.98. The molecule has 0 aliphatic carbocycles. The van der Waals surface area contributed by atoms with Gasteiger partial charge in [-0.3, -0.25) is 9.09 Å². The van der Waals surface area contributed by atoms with Gasteiger partial charge in [0.15, 0.2) is 29.2 Å². The van der Waals surface area contributed by atoms with Gasteiger partial charge in [0, 0.05) is 5.39 Å². The summed E-state index contributed by atoms with van der Waals surface area (Å²) in [4.78, 5) is 39.4. The molecule has 0 spiro atoms. The summed E-state index contributed by atoms with van der Waals surface area (Å²) in [5, 5.41) is 24.0. The normalized spacial score (nSPS) is 21.6. The Hall–Kier alpha value is -4.57. The Morgan fingerprint density at radius 1 is 1.17 bits per heavy atom. The molecule has 3 heterocycles. The molecule has 2 aromatic heterocycles. The van der Waals surface area contributed by atoms with Gasteiger partial charge in [-0.25, -0.2) is 9.78 Å². The van der Waals surface area contributed by atoms with Gasteiger partial charge in [-0.15, -0.1) is 0 Å². The molecule has 274 valence electrons. The number of carbonyl (C=O) groups excluding carboxylic acids is 1. The number of ether oxygens (including phenoxy) is 4. The average Bonchev–Trinajstić information content (AvgIpc) is 3.65. The van der Waals surface area contributed by atoms with Gasteiger partial charge in [-0.05, 0) is 49.3 Å². The molecule has 15 nitrogen and oxygen atoms in total. The molecule has 1 saturated heterocycles. The summed E-state index contributed by atoms with van der Waals surface area (Å²) in [7, 11) is -1.38. The van der Waals surface area contributed by atoms with E-state index in [9.17, 15) is 19.9 Å².